The van der Waals surface area contributed by atoms with Gasteiger partial charge < -0.3 is 40.0 Å². The number of benzene rings is 1. The topological polar surface area (TPSA) is 145 Å². The second-order valence-electron chi connectivity index (χ2n) is 10.6. The van der Waals surface area contributed by atoms with E-state index < -0.39 is 36.3 Å². The summed E-state index contributed by atoms with van der Waals surface area (Å²) < 4.78 is 36.7. The van der Waals surface area contributed by atoms with Crippen molar-refractivity contribution in [3.8, 4) is 5.75 Å². The van der Waals surface area contributed by atoms with Crippen LogP contribution in [0.1, 0.15) is 12.8 Å². The van der Waals surface area contributed by atoms with E-state index in [0.717, 1.165) is 0 Å². The van der Waals surface area contributed by atoms with Gasteiger partial charge in [-0.2, -0.15) is 4.98 Å². The van der Waals surface area contributed by atoms with Crippen LogP contribution in [0.25, 0.3) is 10.9 Å². The van der Waals surface area contributed by atoms with Crippen LogP contribution >= 0.6 is 11.6 Å². The highest BCUT2D eigenvalue weighted by molar-refractivity contribution is 6.33. The zero-order valence-electron chi connectivity index (χ0n) is 22.0. The number of nitrogens with one attached hydrogen (secondary N) is 2. The molecule has 1 aromatic carbocycles. The van der Waals surface area contributed by atoms with Crippen LogP contribution < -0.4 is 25.8 Å². The molecule has 12 nitrogen and oxygen atoms in total. The fraction of sp³-hybridized carbons (Fsp3) is 0.462. The van der Waals surface area contributed by atoms with E-state index in [1.165, 1.54) is 15.7 Å². The van der Waals surface area contributed by atoms with Crippen LogP contribution in [0.2, 0.25) is 5.02 Å². The van der Waals surface area contributed by atoms with Crippen molar-refractivity contribution in [2.75, 3.05) is 48.4 Å². The van der Waals surface area contributed by atoms with Crippen LogP contribution in [0.15, 0.2) is 29.2 Å². The quantitative estimate of drug-likeness (QED) is 0.349. The molecule has 0 bridgehead atoms. The number of aryl methyl sites for hydroxylation is 1. The number of alkyl halides is 2. The molecule has 1 aliphatic carbocycles. The van der Waals surface area contributed by atoms with Crippen molar-refractivity contribution >= 4 is 51.7 Å². The summed E-state index contributed by atoms with van der Waals surface area (Å²) in [5, 5.41) is 26.0. The van der Waals surface area contributed by atoms with Crippen LogP contribution in [0.4, 0.5) is 36.7 Å². The summed E-state index contributed by atoms with van der Waals surface area (Å²) in [4.78, 5) is 36.2. The molecule has 2 aliphatic heterocycles. The number of hydrogen-bond acceptors (Lipinski definition) is 9. The van der Waals surface area contributed by atoms with Gasteiger partial charge in [-0.3, -0.25) is 4.79 Å². The van der Waals surface area contributed by atoms with Crippen molar-refractivity contribution in [1.29, 1.82) is 0 Å². The highest BCUT2D eigenvalue weighted by atomic mass is 35.5. The van der Waals surface area contributed by atoms with Crippen LogP contribution in [0, 0.1) is 5.92 Å². The number of hydrogen-bond donors (Lipinski definition) is 4. The van der Waals surface area contributed by atoms with Crippen molar-refractivity contribution in [3.05, 3.63) is 39.8 Å². The molecule has 4 N–H and O–H groups in total. The SMILES string of the molecule is Cn1c(=O)c2c(c3cc(Nc4nc(N5CCN(C(=O)O)C[C@@H]5CO)ncc4Cl)ccc31)N[C@@H](C1CC1)C(F)(F)CO2. The summed E-state index contributed by atoms with van der Waals surface area (Å²) in [7, 11) is 1.55. The summed E-state index contributed by atoms with van der Waals surface area (Å²) in [5.41, 5.74) is 0.738. The van der Waals surface area contributed by atoms with Gasteiger partial charge in [0.05, 0.1) is 36.1 Å². The standard InChI is InChI=1S/C26H28ClF2N7O5/c1-34-18-5-4-14(8-16(18)19-20(23(34)38)41-12-26(28,29)21(32-19)13-2-3-13)31-22-17(27)9-30-24(33-22)36-7-6-35(25(39)40)10-15(36)11-37/h4-5,8-9,13,15,21,32,37H,2-3,6-7,10-12H2,1H3,(H,39,40)(H,30,31,33)/t15-,21+/m1/s1. The molecular weight excluding hydrogens is 564 g/mol. The molecule has 3 aliphatic rings. The molecule has 1 amide bonds. The third-order valence-electron chi connectivity index (χ3n) is 7.83. The fourth-order valence-electron chi connectivity index (χ4n) is 5.46. The lowest BCUT2D eigenvalue weighted by Gasteiger charge is -2.39. The van der Waals surface area contributed by atoms with Gasteiger partial charge >= 0.3 is 12.0 Å². The average Bonchev–Trinajstić information content (AvgIpc) is 3.80. The Labute approximate surface area is 237 Å². The first-order valence-electron chi connectivity index (χ1n) is 13.2. The minimum atomic E-state index is -3.15. The van der Waals surface area contributed by atoms with Crippen LogP contribution in [-0.2, 0) is 7.05 Å². The number of amides is 1. The lowest BCUT2D eigenvalue weighted by molar-refractivity contribution is -0.0579. The van der Waals surface area contributed by atoms with Gasteiger partial charge in [0.15, 0.2) is 12.4 Å². The van der Waals surface area contributed by atoms with Gasteiger partial charge in [-0.1, -0.05) is 11.6 Å². The number of rotatable bonds is 5. The van der Waals surface area contributed by atoms with Crippen molar-refractivity contribution in [3.63, 3.8) is 0 Å². The van der Waals surface area contributed by atoms with E-state index in [9.17, 15) is 28.6 Å². The zero-order valence-corrected chi connectivity index (χ0v) is 22.7. The van der Waals surface area contributed by atoms with Gasteiger partial charge in [0, 0.05) is 37.8 Å². The third-order valence-corrected chi connectivity index (χ3v) is 8.10. The molecule has 1 saturated heterocycles. The Balaban J connectivity index is 1.35. The smallest absolute Gasteiger partial charge is 0.407 e. The first-order valence-corrected chi connectivity index (χ1v) is 13.5. The number of fused-ring (bicyclic) bond motifs is 3. The van der Waals surface area contributed by atoms with E-state index in [1.807, 2.05) is 0 Å². The van der Waals surface area contributed by atoms with Crippen LogP contribution in [-0.4, -0.2) is 86.6 Å². The number of aliphatic hydroxyl groups is 1. The number of ether oxygens (including phenoxy) is 1. The van der Waals surface area contributed by atoms with E-state index in [-0.39, 0.29) is 60.4 Å². The molecule has 6 rings (SSSR count). The summed E-state index contributed by atoms with van der Waals surface area (Å²) >= 11 is 6.41. The van der Waals surface area contributed by atoms with Crippen molar-refractivity contribution in [2.45, 2.75) is 30.8 Å². The number of nitrogens with zero attached hydrogens (tertiary/aromatic N) is 5. The van der Waals surface area contributed by atoms with Gasteiger partial charge in [-0.05, 0) is 37.0 Å². The predicted octanol–water partition coefficient (Wildman–Crippen LogP) is 3.10. The van der Waals surface area contributed by atoms with Gasteiger partial charge in [0.25, 0.3) is 5.56 Å². The highest BCUT2D eigenvalue weighted by Crippen LogP contribution is 2.45. The lowest BCUT2D eigenvalue weighted by Crippen LogP contribution is -2.56. The number of piperazine rings is 1. The van der Waals surface area contributed by atoms with E-state index in [0.29, 0.717) is 29.4 Å². The fourth-order valence-corrected chi connectivity index (χ4v) is 5.59. The predicted molar refractivity (Wildman–Crippen MR) is 148 cm³/mol. The van der Waals surface area contributed by atoms with Gasteiger partial charge in [-0.15, -0.1) is 0 Å². The van der Waals surface area contributed by atoms with Crippen molar-refractivity contribution in [2.24, 2.45) is 13.0 Å². The Kier molecular flexibility index (Phi) is 6.77. The molecule has 2 fully saturated rings. The number of pyridine rings is 1. The number of carbonyl (C=O) groups is 1. The minimum Gasteiger partial charge on any atom is -0.480 e. The molecule has 218 valence electrons. The van der Waals surface area contributed by atoms with E-state index in [4.69, 9.17) is 16.3 Å². The Bertz CT molecular complexity index is 1580. The molecule has 4 heterocycles. The molecular formula is C26H28ClF2N7O5. The monoisotopic (exact) mass is 591 g/mol. The number of aromatic nitrogens is 3. The molecule has 3 aromatic rings. The molecule has 1 saturated carbocycles. The molecule has 0 unspecified atom stereocenters. The first-order chi connectivity index (χ1) is 19.6. The number of anilines is 4. The third kappa shape index (κ3) is 4.95. The maximum Gasteiger partial charge on any atom is 0.407 e. The highest BCUT2D eigenvalue weighted by Gasteiger charge is 2.51. The normalized spacial score (nSPS) is 22.0. The molecule has 15 heteroatoms. The van der Waals surface area contributed by atoms with Gasteiger partial charge in [0.1, 0.15) is 5.02 Å². The minimum absolute atomic E-state index is 0.0883. The average molecular weight is 592 g/mol. The van der Waals surface area contributed by atoms with Gasteiger partial charge in [0.2, 0.25) is 11.7 Å². The van der Waals surface area contributed by atoms with E-state index >= 15 is 0 Å². The summed E-state index contributed by atoms with van der Waals surface area (Å²) in [5.74, 6) is -3.02. The maximum absolute atomic E-state index is 14.9. The molecule has 0 spiro atoms. The van der Waals surface area contributed by atoms with Crippen LogP contribution in [0.3, 0.4) is 0 Å². The molecule has 41 heavy (non-hydrogen) atoms. The molecule has 2 atom stereocenters. The second-order valence-corrected chi connectivity index (χ2v) is 11.0. The maximum atomic E-state index is 14.9. The number of carboxylic acid groups (broad SMARTS) is 1. The van der Waals surface area contributed by atoms with Crippen LogP contribution in [0.5, 0.6) is 5.75 Å². The Hall–Kier alpha value is -3.91. The Morgan fingerprint density at radius 1 is 1.32 bits per heavy atom. The van der Waals surface area contributed by atoms with Crippen molar-refractivity contribution < 1.29 is 28.5 Å². The van der Waals surface area contributed by atoms with E-state index in [2.05, 4.69) is 20.6 Å². The second kappa shape index (κ2) is 10.2. The summed E-state index contributed by atoms with van der Waals surface area (Å²) in [6.45, 7) is -0.617. The van der Waals surface area contributed by atoms with Gasteiger partial charge in [-0.25, -0.2) is 18.6 Å². The Morgan fingerprint density at radius 3 is 2.80 bits per heavy atom. The molecule has 2 aromatic heterocycles. The lowest BCUT2D eigenvalue weighted by atomic mass is 10.0. The molecule has 0 radical (unpaired) electrons. The first kappa shape index (κ1) is 27.3. The number of halogens is 3. The number of aliphatic hydroxyl groups excluding tert-OH is 1. The summed E-state index contributed by atoms with van der Waals surface area (Å²) in [6, 6.07) is 3.40. The largest absolute Gasteiger partial charge is 0.480 e. The zero-order chi connectivity index (χ0) is 29.1. The van der Waals surface area contributed by atoms with E-state index in [1.54, 1.807) is 30.1 Å². The summed E-state index contributed by atoms with van der Waals surface area (Å²) in [6.07, 6.45) is 1.68. The Morgan fingerprint density at radius 2 is 2.10 bits per heavy atom. The van der Waals surface area contributed by atoms with Crippen molar-refractivity contribution in [1.82, 2.24) is 19.4 Å².